The van der Waals surface area contributed by atoms with Gasteiger partial charge < -0.3 is 30.0 Å². The Bertz CT molecular complexity index is 845. The van der Waals surface area contributed by atoms with Crippen LogP contribution in [0.25, 0.3) is 0 Å². The molecule has 1 aromatic carbocycles. The molecule has 0 saturated heterocycles. The second-order valence-corrected chi connectivity index (χ2v) is 8.21. The predicted octanol–water partition coefficient (Wildman–Crippen LogP) is 2.96. The molecule has 0 bridgehead atoms. The van der Waals surface area contributed by atoms with Gasteiger partial charge in [-0.25, -0.2) is 4.79 Å². The van der Waals surface area contributed by atoms with E-state index in [1.807, 2.05) is 24.3 Å². The fourth-order valence-electron chi connectivity index (χ4n) is 3.51. The predicted molar refractivity (Wildman–Crippen MR) is 133 cm³/mol. The van der Waals surface area contributed by atoms with Crippen molar-refractivity contribution in [3.8, 4) is 0 Å². The third kappa shape index (κ3) is 12.6. The van der Waals surface area contributed by atoms with Gasteiger partial charge in [0.05, 0.1) is 45.3 Å². The minimum Gasteiger partial charge on any atom is -0.481 e. The summed E-state index contributed by atoms with van der Waals surface area (Å²) >= 11 is 6.30. The first-order valence-electron chi connectivity index (χ1n) is 11.7. The zero-order chi connectivity index (χ0) is 26.1. The van der Waals surface area contributed by atoms with E-state index in [0.29, 0.717) is 62.0 Å². The summed E-state index contributed by atoms with van der Waals surface area (Å²) in [7, 11) is 1.31. The van der Waals surface area contributed by atoms with Crippen molar-refractivity contribution in [1.29, 1.82) is 0 Å². The maximum atomic E-state index is 12.7. The molecule has 0 fully saturated rings. The molecule has 0 aromatic heterocycles. The summed E-state index contributed by atoms with van der Waals surface area (Å²) in [6.07, 6.45) is 1.19. The summed E-state index contributed by atoms with van der Waals surface area (Å²) < 4.78 is 15.7. The number of carboxylic acid groups (broad SMARTS) is 1. The molecule has 0 radical (unpaired) electrons. The molecular weight excluding hydrogens is 476 g/mol. The van der Waals surface area contributed by atoms with Crippen LogP contribution in [0.2, 0.25) is 5.02 Å². The number of carboxylic acids is 1. The Hall–Kier alpha value is -2.62. The molecule has 196 valence electrons. The molecule has 1 aromatic rings. The SMILES string of the molecule is CCOC(=O)CC(CCc1ccccc1Cl)/C(C(=O)OC)=C(/C)NCCOCCNCCC(=O)O. The Kier molecular flexibility index (Phi) is 15.4. The molecule has 1 atom stereocenters. The number of benzene rings is 1. The normalized spacial score (nSPS) is 12.5. The van der Waals surface area contributed by atoms with Gasteiger partial charge in [0, 0.05) is 36.3 Å². The number of hydrogen-bond donors (Lipinski definition) is 3. The standard InChI is InChI=1S/C25H37ClN2O7/c1-4-35-23(31)17-20(10-9-19-7-5-6-8-21(19)26)24(25(32)33-3)18(2)28-14-16-34-15-13-27-12-11-22(29)30/h5-8,20,27-28H,4,9-17H2,1-3H3,(H,29,30)/b24-18+. The van der Waals surface area contributed by atoms with Gasteiger partial charge in [-0.3, -0.25) is 9.59 Å². The maximum absolute atomic E-state index is 12.7. The number of halogens is 1. The lowest BCUT2D eigenvalue weighted by Crippen LogP contribution is -2.28. The third-order valence-corrected chi connectivity index (χ3v) is 5.60. The molecule has 1 rings (SSSR count). The number of allylic oxidation sites excluding steroid dienone is 1. The Morgan fingerprint density at radius 3 is 2.49 bits per heavy atom. The molecule has 0 amide bonds. The van der Waals surface area contributed by atoms with Crippen molar-refractivity contribution < 1.29 is 33.7 Å². The highest BCUT2D eigenvalue weighted by Gasteiger charge is 2.27. The second-order valence-electron chi connectivity index (χ2n) is 7.80. The molecule has 0 aliphatic carbocycles. The molecule has 3 N–H and O–H groups in total. The first kappa shape index (κ1) is 30.4. The lowest BCUT2D eigenvalue weighted by molar-refractivity contribution is -0.144. The minimum absolute atomic E-state index is 0.0419. The highest BCUT2D eigenvalue weighted by molar-refractivity contribution is 6.31. The number of ether oxygens (including phenoxy) is 3. The lowest BCUT2D eigenvalue weighted by atomic mass is 9.88. The van der Waals surface area contributed by atoms with Gasteiger partial charge in [0.2, 0.25) is 0 Å². The molecule has 0 aliphatic heterocycles. The summed E-state index contributed by atoms with van der Waals surface area (Å²) in [5, 5.41) is 15.4. The van der Waals surface area contributed by atoms with E-state index >= 15 is 0 Å². The topological polar surface area (TPSA) is 123 Å². The third-order valence-electron chi connectivity index (χ3n) is 5.23. The monoisotopic (exact) mass is 512 g/mol. The number of carbonyl (C=O) groups excluding carboxylic acids is 2. The summed E-state index contributed by atoms with van der Waals surface area (Å²) in [6.45, 7) is 5.95. The van der Waals surface area contributed by atoms with Crippen molar-refractivity contribution >= 4 is 29.5 Å². The first-order valence-corrected chi connectivity index (χ1v) is 12.1. The van der Waals surface area contributed by atoms with E-state index in [9.17, 15) is 14.4 Å². The quantitative estimate of drug-likeness (QED) is 0.155. The molecule has 0 saturated carbocycles. The Balaban J connectivity index is 2.79. The Morgan fingerprint density at radius 2 is 1.83 bits per heavy atom. The number of nitrogens with one attached hydrogen (secondary N) is 2. The van der Waals surface area contributed by atoms with Crippen LogP contribution in [0.3, 0.4) is 0 Å². The Morgan fingerprint density at radius 1 is 1.11 bits per heavy atom. The van der Waals surface area contributed by atoms with Gasteiger partial charge in [-0.1, -0.05) is 29.8 Å². The smallest absolute Gasteiger partial charge is 0.335 e. The van der Waals surface area contributed by atoms with E-state index in [1.165, 1.54) is 7.11 Å². The molecule has 1 unspecified atom stereocenters. The average Bonchev–Trinajstić information content (AvgIpc) is 2.82. The van der Waals surface area contributed by atoms with Crippen molar-refractivity contribution in [2.24, 2.45) is 5.92 Å². The van der Waals surface area contributed by atoms with E-state index in [0.717, 1.165) is 5.56 Å². The number of rotatable bonds is 18. The number of hydrogen-bond acceptors (Lipinski definition) is 8. The molecule has 0 heterocycles. The molecular formula is C25H37ClN2O7. The van der Waals surface area contributed by atoms with Crippen molar-refractivity contribution in [2.75, 3.05) is 46.6 Å². The van der Waals surface area contributed by atoms with Crippen LogP contribution in [-0.2, 0) is 35.0 Å². The van der Waals surface area contributed by atoms with Gasteiger partial charge in [0.15, 0.2) is 0 Å². The highest BCUT2D eigenvalue weighted by atomic mass is 35.5. The number of aliphatic carboxylic acids is 1. The van der Waals surface area contributed by atoms with Crippen LogP contribution in [0.15, 0.2) is 35.5 Å². The van der Waals surface area contributed by atoms with E-state index in [4.69, 9.17) is 30.9 Å². The Labute approximate surface area is 212 Å². The average molecular weight is 513 g/mol. The molecule has 9 nitrogen and oxygen atoms in total. The lowest BCUT2D eigenvalue weighted by Gasteiger charge is -2.22. The summed E-state index contributed by atoms with van der Waals surface area (Å²) in [6, 6.07) is 7.48. The number of aryl methyl sites for hydroxylation is 1. The van der Waals surface area contributed by atoms with E-state index in [-0.39, 0.29) is 25.4 Å². The molecule has 0 spiro atoms. The van der Waals surface area contributed by atoms with Gasteiger partial charge in [-0.15, -0.1) is 0 Å². The summed E-state index contributed by atoms with van der Waals surface area (Å²) in [5.74, 6) is -2.17. The number of esters is 2. The summed E-state index contributed by atoms with van der Waals surface area (Å²) in [5.41, 5.74) is 1.93. The fourth-order valence-corrected chi connectivity index (χ4v) is 3.74. The molecule has 10 heteroatoms. The van der Waals surface area contributed by atoms with Crippen LogP contribution < -0.4 is 10.6 Å². The van der Waals surface area contributed by atoms with E-state index < -0.39 is 17.9 Å². The minimum atomic E-state index is -0.848. The summed E-state index contributed by atoms with van der Waals surface area (Å²) in [4.78, 5) is 35.5. The zero-order valence-electron chi connectivity index (χ0n) is 20.7. The van der Waals surface area contributed by atoms with Gasteiger partial charge in [-0.05, 0) is 38.3 Å². The first-order chi connectivity index (χ1) is 16.8. The van der Waals surface area contributed by atoms with Gasteiger partial charge in [-0.2, -0.15) is 0 Å². The number of methoxy groups -OCH3 is 1. The molecule has 0 aliphatic rings. The van der Waals surface area contributed by atoms with Crippen LogP contribution in [-0.4, -0.2) is 69.6 Å². The van der Waals surface area contributed by atoms with Crippen molar-refractivity contribution in [1.82, 2.24) is 10.6 Å². The zero-order valence-corrected chi connectivity index (χ0v) is 21.5. The van der Waals surface area contributed by atoms with Crippen LogP contribution in [0.1, 0.15) is 38.7 Å². The van der Waals surface area contributed by atoms with Crippen molar-refractivity contribution in [2.45, 2.75) is 39.5 Å². The van der Waals surface area contributed by atoms with Gasteiger partial charge >= 0.3 is 17.9 Å². The second kappa shape index (κ2) is 17.8. The number of carbonyl (C=O) groups is 3. The maximum Gasteiger partial charge on any atom is 0.335 e. The van der Waals surface area contributed by atoms with E-state index in [2.05, 4.69) is 10.6 Å². The van der Waals surface area contributed by atoms with Crippen LogP contribution in [0, 0.1) is 5.92 Å². The molecule has 35 heavy (non-hydrogen) atoms. The van der Waals surface area contributed by atoms with E-state index in [1.54, 1.807) is 13.8 Å². The van der Waals surface area contributed by atoms with Crippen LogP contribution in [0.5, 0.6) is 0 Å². The van der Waals surface area contributed by atoms with Crippen LogP contribution >= 0.6 is 11.6 Å². The fraction of sp³-hybridized carbons (Fsp3) is 0.560. The van der Waals surface area contributed by atoms with Gasteiger partial charge in [0.1, 0.15) is 0 Å². The van der Waals surface area contributed by atoms with Crippen LogP contribution in [0.4, 0.5) is 0 Å². The largest absolute Gasteiger partial charge is 0.481 e. The van der Waals surface area contributed by atoms with Crippen molar-refractivity contribution in [3.63, 3.8) is 0 Å². The highest BCUT2D eigenvalue weighted by Crippen LogP contribution is 2.27. The van der Waals surface area contributed by atoms with Crippen molar-refractivity contribution in [3.05, 3.63) is 46.1 Å². The van der Waals surface area contributed by atoms with Gasteiger partial charge in [0.25, 0.3) is 0 Å².